The van der Waals surface area contributed by atoms with Gasteiger partial charge in [0.1, 0.15) is 10.9 Å². The molecule has 0 radical (unpaired) electrons. The SMILES string of the molecule is CC(C)c1nc(CNC(N)=O)n(Cc2ccccn2)c1Sc1cccc(Cl)c1. The van der Waals surface area contributed by atoms with Crippen LogP contribution in [0.5, 0.6) is 0 Å². The van der Waals surface area contributed by atoms with Crippen molar-refractivity contribution < 1.29 is 4.79 Å². The molecule has 2 heterocycles. The van der Waals surface area contributed by atoms with Gasteiger partial charge in [-0.1, -0.05) is 49.3 Å². The third-order valence-corrected chi connectivity index (χ3v) is 5.40. The molecule has 0 aliphatic rings. The van der Waals surface area contributed by atoms with Crippen LogP contribution in [0.3, 0.4) is 0 Å². The number of carbonyl (C=O) groups is 1. The number of hydrogen-bond donors (Lipinski definition) is 2. The van der Waals surface area contributed by atoms with Crippen LogP contribution in [0.2, 0.25) is 5.02 Å². The third kappa shape index (κ3) is 5.05. The Morgan fingerprint density at radius 3 is 2.75 bits per heavy atom. The van der Waals surface area contributed by atoms with Crippen LogP contribution in [0.25, 0.3) is 0 Å². The summed E-state index contributed by atoms with van der Waals surface area (Å²) in [5.74, 6) is 0.941. The standard InChI is InChI=1S/C20H22ClN5OS/c1-13(2)18-19(28-16-8-5-6-14(21)10-16)26(12-15-7-3-4-9-23-15)17(25-18)11-24-20(22)27/h3-10,13H,11-12H2,1-2H3,(H3,22,24,27). The largest absolute Gasteiger partial charge is 0.352 e. The highest BCUT2D eigenvalue weighted by Crippen LogP contribution is 2.36. The van der Waals surface area contributed by atoms with Crippen LogP contribution in [0.15, 0.2) is 58.6 Å². The molecule has 28 heavy (non-hydrogen) atoms. The molecule has 146 valence electrons. The van der Waals surface area contributed by atoms with E-state index >= 15 is 0 Å². The highest BCUT2D eigenvalue weighted by molar-refractivity contribution is 7.99. The highest BCUT2D eigenvalue weighted by Gasteiger charge is 2.21. The molecule has 0 atom stereocenters. The zero-order chi connectivity index (χ0) is 20.1. The van der Waals surface area contributed by atoms with Gasteiger partial charge in [-0.15, -0.1) is 0 Å². The monoisotopic (exact) mass is 415 g/mol. The Balaban J connectivity index is 2.06. The molecule has 0 bridgehead atoms. The molecule has 0 fully saturated rings. The maximum absolute atomic E-state index is 11.2. The predicted octanol–water partition coefficient (Wildman–Crippen LogP) is 4.42. The molecule has 2 aromatic heterocycles. The number of aromatic nitrogens is 3. The summed E-state index contributed by atoms with van der Waals surface area (Å²) in [6, 6.07) is 12.9. The summed E-state index contributed by atoms with van der Waals surface area (Å²) in [6.07, 6.45) is 1.76. The second kappa shape index (κ2) is 9.12. The second-order valence-corrected chi connectivity index (χ2v) is 8.06. The molecule has 0 aliphatic carbocycles. The Morgan fingerprint density at radius 1 is 1.29 bits per heavy atom. The second-order valence-electron chi connectivity index (χ2n) is 6.56. The summed E-state index contributed by atoms with van der Waals surface area (Å²) >= 11 is 7.77. The van der Waals surface area contributed by atoms with Crippen LogP contribution in [-0.4, -0.2) is 20.6 Å². The van der Waals surface area contributed by atoms with Crippen molar-refractivity contribution in [2.24, 2.45) is 5.73 Å². The minimum atomic E-state index is -0.581. The Hall–Kier alpha value is -2.51. The lowest BCUT2D eigenvalue weighted by atomic mass is 10.1. The van der Waals surface area contributed by atoms with Crippen LogP contribution in [0.1, 0.15) is 37.0 Å². The summed E-state index contributed by atoms with van der Waals surface area (Å²) in [4.78, 5) is 21.5. The first-order chi connectivity index (χ1) is 13.4. The van der Waals surface area contributed by atoms with E-state index in [-0.39, 0.29) is 12.5 Å². The first kappa shape index (κ1) is 20.2. The Labute approximate surface area is 173 Å². The molecule has 3 rings (SSSR count). The van der Waals surface area contributed by atoms with Crippen molar-refractivity contribution >= 4 is 29.4 Å². The predicted molar refractivity (Wildman–Crippen MR) is 112 cm³/mol. The lowest BCUT2D eigenvalue weighted by Crippen LogP contribution is -2.30. The third-order valence-electron chi connectivity index (χ3n) is 4.05. The Morgan fingerprint density at radius 2 is 2.11 bits per heavy atom. The average Bonchev–Trinajstić information content (AvgIpc) is 2.98. The molecule has 0 unspecified atom stereocenters. The fourth-order valence-electron chi connectivity index (χ4n) is 2.75. The van der Waals surface area contributed by atoms with Gasteiger partial charge in [-0.25, -0.2) is 9.78 Å². The van der Waals surface area contributed by atoms with Gasteiger partial charge in [0.05, 0.1) is 24.5 Å². The van der Waals surface area contributed by atoms with E-state index in [4.69, 9.17) is 22.3 Å². The van der Waals surface area contributed by atoms with Crippen LogP contribution in [-0.2, 0) is 13.1 Å². The van der Waals surface area contributed by atoms with Gasteiger partial charge in [0, 0.05) is 16.1 Å². The molecule has 0 spiro atoms. The lowest BCUT2D eigenvalue weighted by Gasteiger charge is -2.13. The van der Waals surface area contributed by atoms with E-state index < -0.39 is 6.03 Å². The number of primary amides is 1. The summed E-state index contributed by atoms with van der Waals surface area (Å²) in [5.41, 5.74) is 7.13. The van der Waals surface area contributed by atoms with E-state index in [1.165, 1.54) is 0 Å². The molecule has 8 heteroatoms. The number of rotatable bonds is 7. The minimum absolute atomic E-state index is 0.207. The van der Waals surface area contributed by atoms with Gasteiger partial charge in [0.15, 0.2) is 0 Å². The van der Waals surface area contributed by atoms with Gasteiger partial charge in [-0.05, 0) is 36.2 Å². The highest BCUT2D eigenvalue weighted by atomic mass is 35.5. The normalized spacial score (nSPS) is 11.0. The fourth-order valence-corrected chi connectivity index (χ4v) is 4.22. The maximum atomic E-state index is 11.2. The number of pyridine rings is 1. The first-order valence-electron chi connectivity index (χ1n) is 8.90. The van der Waals surface area contributed by atoms with Crippen molar-refractivity contribution in [1.82, 2.24) is 19.9 Å². The summed E-state index contributed by atoms with van der Waals surface area (Å²) < 4.78 is 2.08. The number of carbonyl (C=O) groups excluding carboxylic acids is 1. The Bertz CT molecular complexity index is 958. The molecule has 0 saturated heterocycles. The van der Waals surface area contributed by atoms with Crippen LogP contribution >= 0.6 is 23.4 Å². The molecular formula is C20H22ClN5OS. The van der Waals surface area contributed by atoms with E-state index in [1.807, 2.05) is 42.5 Å². The molecule has 3 aromatic rings. The smallest absolute Gasteiger partial charge is 0.312 e. The van der Waals surface area contributed by atoms with Gasteiger partial charge in [-0.2, -0.15) is 0 Å². The molecule has 3 N–H and O–H groups in total. The topological polar surface area (TPSA) is 85.8 Å². The number of hydrogen-bond acceptors (Lipinski definition) is 4. The molecule has 1 aromatic carbocycles. The van der Waals surface area contributed by atoms with Crippen molar-refractivity contribution in [3.63, 3.8) is 0 Å². The first-order valence-corrected chi connectivity index (χ1v) is 10.1. The average molecular weight is 416 g/mol. The number of imidazole rings is 1. The van der Waals surface area contributed by atoms with E-state index in [0.717, 1.165) is 27.1 Å². The van der Waals surface area contributed by atoms with Crippen LogP contribution in [0, 0.1) is 0 Å². The number of amides is 2. The molecular weight excluding hydrogens is 394 g/mol. The number of nitrogens with one attached hydrogen (secondary N) is 1. The number of halogens is 1. The lowest BCUT2D eigenvalue weighted by molar-refractivity contribution is 0.248. The quantitative estimate of drug-likeness (QED) is 0.597. The van der Waals surface area contributed by atoms with Crippen molar-refractivity contribution in [2.75, 3.05) is 0 Å². The van der Waals surface area contributed by atoms with Crippen LogP contribution in [0.4, 0.5) is 4.79 Å². The van der Waals surface area contributed by atoms with Crippen molar-refractivity contribution in [3.05, 3.63) is 70.9 Å². The Kier molecular flexibility index (Phi) is 6.59. The van der Waals surface area contributed by atoms with Gasteiger partial charge in [0.25, 0.3) is 0 Å². The zero-order valence-electron chi connectivity index (χ0n) is 15.7. The van der Waals surface area contributed by atoms with E-state index in [0.29, 0.717) is 11.6 Å². The molecule has 2 amide bonds. The summed E-state index contributed by atoms with van der Waals surface area (Å²) in [6.45, 7) is 4.98. The number of nitrogens with two attached hydrogens (primary N) is 1. The van der Waals surface area contributed by atoms with Crippen molar-refractivity contribution in [3.8, 4) is 0 Å². The molecule has 0 aliphatic heterocycles. The van der Waals surface area contributed by atoms with Crippen molar-refractivity contribution in [1.29, 1.82) is 0 Å². The minimum Gasteiger partial charge on any atom is -0.352 e. The van der Waals surface area contributed by atoms with Gasteiger partial charge < -0.3 is 15.6 Å². The number of benzene rings is 1. The maximum Gasteiger partial charge on any atom is 0.312 e. The number of nitrogens with zero attached hydrogens (tertiary/aromatic N) is 3. The zero-order valence-corrected chi connectivity index (χ0v) is 17.3. The van der Waals surface area contributed by atoms with E-state index in [1.54, 1.807) is 18.0 Å². The van der Waals surface area contributed by atoms with Crippen molar-refractivity contribution in [2.45, 2.75) is 42.8 Å². The van der Waals surface area contributed by atoms with Crippen LogP contribution < -0.4 is 11.1 Å². The van der Waals surface area contributed by atoms with Gasteiger partial charge in [0.2, 0.25) is 0 Å². The number of urea groups is 1. The van der Waals surface area contributed by atoms with E-state index in [2.05, 4.69) is 28.7 Å². The fraction of sp³-hybridized carbons (Fsp3) is 0.250. The van der Waals surface area contributed by atoms with E-state index in [9.17, 15) is 4.79 Å². The van der Waals surface area contributed by atoms with Gasteiger partial charge in [-0.3, -0.25) is 4.98 Å². The summed E-state index contributed by atoms with van der Waals surface area (Å²) in [5, 5.41) is 4.33. The summed E-state index contributed by atoms with van der Waals surface area (Å²) in [7, 11) is 0. The molecule has 0 saturated carbocycles. The molecule has 6 nitrogen and oxygen atoms in total. The van der Waals surface area contributed by atoms with Gasteiger partial charge >= 0.3 is 6.03 Å².